The molecule has 3 heterocycles. The van der Waals surface area contributed by atoms with E-state index in [4.69, 9.17) is 0 Å². The van der Waals surface area contributed by atoms with E-state index in [2.05, 4.69) is 57.8 Å². The van der Waals surface area contributed by atoms with Crippen LogP contribution in [0.1, 0.15) is 56.6 Å². The van der Waals surface area contributed by atoms with Crippen LogP contribution < -0.4 is 4.90 Å². The number of hydrogen-bond acceptors (Lipinski definition) is 4. The number of anilines is 1. The number of amides is 1. The first-order valence-electron chi connectivity index (χ1n) is 12.3. The molecule has 172 valence electrons. The summed E-state index contributed by atoms with van der Waals surface area (Å²) < 4.78 is 0. The van der Waals surface area contributed by atoms with Crippen molar-refractivity contribution in [3.63, 3.8) is 0 Å². The molecular formula is C27H38N4O. The van der Waals surface area contributed by atoms with Crippen molar-refractivity contribution < 1.29 is 4.79 Å². The molecule has 2 fully saturated rings. The molecule has 0 radical (unpaired) electrons. The molecule has 1 aromatic carbocycles. The monoisotopic (exact) mass is 434 g/mol. The quantitative estimate of drug-likeness (QED) is 0.641. The number of carbonyl (C=O) groups excluding carboxylic acids is 1. The fourth-order valence-corrected chi connectivity index (χ4v) is 5.01. The third kappa shape index (κ3) is 6.10. The molecule has 0 spiro atoms. The largest absolute Gasteiger partial charge is 0.353 e. The van der Waals surface area contributed by atoms with E-state index < -0.39 is 0 Å². The van der Waals surface area contributed by atoms with Gasteiger partial charge < -0.3 is 9.80 Å². The Bertz CT molecular complexity index is 844. The lowest BCUT2D eigenvalue weighted by Gasteiger charge is -2.36. The van der Waals surface area contributed by atoms with Crippen molar-refractivity contribution in [2.45, 2.75) is 52.0 Å². The molecule has 4 rings (SSSR count). The van der Waals surface area contributed by atoms with E-state index in [9.17, 15) is 4.79 Å². The fourth-order valence-electron chi connectivity index (χ4n) is 5.01. The Kier molecular flexibility index (Phi) is 7.80. The lowest BCUT2D eigenvalue weighted by molar-refractivity contribution is -0.131. The summed E-state index contributed by atoms with van der Waals surface area (Å²) in [7, 11) is 0. The number of carbonyl (C=O) groups is 1. The Labute approximate surface area is 193 Å². The van der Waals surface area contributed by atoms with Crippen molar-refractivity contribution in [3.05, 3.63) is 59.8 Å². The number of rotatable bonds is 7. The van der Waals surface area contributed by atoms with Gasteiger partial charge in [-0.3, -0.25) is 9.69 Å². The van der Waals surface area contributed by atoms with Crippen LogP contribution >= 0.6 is 0 Å². The molecule has 2 aliphatic rings. The predicted octanol–water partition coefficient (Wildman–Crippen LogP) is 4.55. The van der Waals surface area contributed by atoms with E-state index in [0.29, 0.717) is 24.2 Å². The van der Waals surface area contributed by atoms with E-state index >= 15 is 0 Å². The summed E-state index contributed by atoms with van der Waals surface area (Å²) >= 11 is 0. The Balaban J connectivity index is 1.19. The Morgan fingerprint density at radius 2 is 1.81 bits per heavy atom. The summed E-state index contributed by atoms with van der Waals surface area (Å²) in [6, 6.07) is 15.1. The number of piperidine rings is 1. The van der Waals surface area contributed by atoms with Crippen molar-refractivity contribution in [1.29, 1.82) is 0 Å². The highest BCUT2D eigenvalue weighted by Gasteiger charge is 2.24. The fraction of sp³-hybridized carbons (Fsp3) is 0.556. The lowest BCUT2D eigenvalue weighted by Crippen LogP contribution is -2.49. The highest BCUT2D eigenvalue weighted by Crippen LogP contribution is 2.24. The maximum absolute atomic E-state index is 12.8. The lowest BCUT2D eigenvalue weighted by atomic mass is 9.92. The molecule has 5 heteroatoms. The summed E-state index contributed by atoms with van der Waals surface area (Å²) in [4.78, 5) is 24.2. The zero-order valence-electron chi connectivity index (χ0n) is 19.7. The highest BCUT2D eigenvalue weighted by molar-refractivity contribution is 5.76. The number of piperazine rings is 1. The van der Waals surface area contributed by atoms with Crippen LogP contribution in [0.4, 0.5) is 5.82 Å². The first-order chi connectivity index (χ1) is 15.6. The van der Waals surface area contributed by atoms with Crippen molar-refractivity contribution in [3.8, 4) is 0 Å². The van der Waals surface area contributed by atoms with Crippen LogP contribution in [-0.2, 0) is 11.3 Å². The molecular weight excluding hydrogens is 396 g/mol. The second-order valence-electron chi connectivity index (χ2n) is 9.73. The van der Waals surface area contributed by atoms with E-state index in [1.807, 2.05) is 24.4 Å². The van der Waals surface area contributed by atoms with Gasteiger partial charge in [-0.15, -0.1) is 0 Å². The molecule has 0 aliphatic carbocycles. The van der Waals surface area contributed by atoms with Crippen LogP contribution in [0.15, 0.2) is 48.7 Å². The average Bonchev–Trinajstić information content (AvgIpc) is 2.84. The number of likely N-dealkylation sites (tertiary alicyclic amines) is 1. The first kappa shape index (κ1) is 22.8. The van der Waals surface area contributed by atoms with Gasteiger partial charge in [-0.05, 0) is 60.9 Å². The summed E-state index contributed by atoms with van der Waals surface area (Å²) in [6.45, 7) is 11.1. The van der Waals surface area contributed by atoms with Crippen molar-refractivity contribution in [2.24, 2.45) is 5.92 Å². The summed E-state index contributed by atoms with van der Waals surface area (Å²) in [5.74, 6) is 2.56. The minimum Gasteiger partial charge on any atom is -0.353 e. The van der Waals surface area contributed by atoms with E-state index in [1.54, 1.807) is 0 Å². The van der Waals surface area contributed by atoms with Crippen LogP contribution in [0.3, 0.4) is 0 Å². The van der Waals surface area contributed by atoms with Gasteiger partial charge in [0.05, 0.1) is 0 Å². The normalized spacial score (nSPS) is 20.0. The molecule has 1 amide bonds. The van der Waals surface area contributed by atoms with Crippen LogP contribution in [0, 0.1) is 5.92 Å². The van der Waals surface area contributed by atoms with Gasteiger partial charge in [-0.1, -0.05) is 44.2 Å². The van der Waals surface area contributed by atoms with Gasteiger partial charge in [0.15, 0.2) is 0 Å². The molecule has 2 aromatic rings. The van der Waals surface area contributed by atoms with E-state index in [0.717, 1.165) is 51.5 Å². The van der Waals surface area contributed by atoms with Crippen LogP contribution in [0.5, 0.6) is 0 Å². The second-order valence-corrected chi connectivity index (χ2v) is 9.73. The minimum absolute atomic E-state index is 0.326. The third-order valence-electron chi connectivity index (χ3n) is 7.03. The maximum Gasteiger partial charge on any atom is 0.222 e. The molecule has 2 aliphatic heterocycles. The van der Waals surface area contributed by atoms with Crippen molar-refractivity contribution >= 4 is 11.7 Å². The summed E-state index contributed by atoms with van der Waals surface area (Å²) in [6.07, 6.45) is 6.03. The zero-order chi connectivity index (χ0) is 22.3. The molecule has 2 saturated heterocycles. The molecule has 0 unspecified atom stereocenters. The van der Waals surface area contributed by atoms with Gasteiger partial charge in [0.1, 0.15) is 5.82 Å². The molecule has 1 atom stereocenters. The van der Waals surface area contributed by atoms with Gasteiger partial charge in [-0.25, -0.2) is 4.98 Å². The van der Waals surface area contributed by atoms with Crippen LogP contribution in [-0.4, -0.2) is 60.0 Å². The topological polar surface area (TPSA) is 39.7 Å². The van der Waals surface area contributed by atoms with Crippen LogP contribution in [0.25, 0.3) is 0 Å². The highest BCUT2D eigenvalue weighted by atomic mass is 16.2. The standard InChI is InChI=1S/C27H38N4O/c1-22(2)25-11-8-24(9-12-25)21-29-15-5-6-23(20-29)10-13-27(32)31-18-16-30(17-19-31)26-7-3-4-14-28-26/h3-4,7-9,11-12,14,22-23H,5-6,10,13,15-21H2,1-2H3/t23-/m0/s1. The maximum atomic E-state index is 12.8. The number of benzene rings is 1. The molecule has 0 saturated carbocycles. The predicted molar refractivity (Wildman–Crippen MR) is 131 cm³/mol. The number of aromatic nitrogens is 1. The third-order valence-corrected chi connectivity index (χ3v) is 7.03. The smallest absolute Gasteiger partial charge is 0.222 e. The Morgan fingerprint density at radius 3 is 2.50 bits per heavy atom. The number of nitrogens with zero attached hydrogens (tertiary/aromatic N) is 4. The SMILES string of the molecule is CC(C)c1ccc(CN2CCC[C@@H](CCC(=O)N3CCN(c4ccccn4)CC3)C2)cc1. The molecule has 5 nitrogen and oxygen atoms in total. The molecule has 0 bridgehead atoms. The molecule has 0 N–H and O–H groups in total. The van der Waals surface area contributed by atoms with Gasteiger partial charge in [-0.2, -0.15) is 0 Å². The van der Waals surface area contributed by atoms with Gasteiger partial charge in [0.2, 0.25) is 5.91 Å². The summed E-state index contributed by atoms with van der Waals surface area (Å²) in [5.41, 5.74) is 2.81. The average molecular weight is 435 g/mol. The van der Waals surface area contributed by atoms with E-state index in [-0.39, 0.29) is 0 Å². The Morgan fingerprint density at radius 1 is 1.03 bits per heavy atom. The van der Waals surface area contributed by atoms with Crippen molar-refractivity contribution in [1.82, 2.24) is 14.8 Å². The number of pyridine rings is 1. The van der Waals surface area contributed by atoms with Gasteiger partial charge >= 0.3 is 0 Å². The second kappa shape index (κ2) is 11.0. The summed E-state index contributed by atoms with van der Waals surface area (Å²) in [5, 5.41) is 0. The van der Waals surface area contributed by atoms with Crippen molar-refractivity contribution in [2.75, 3.05) is 44.2 Å². The molecule has 32 heavy (non-hydrogen) atoms. The van der Waals surface area contributed by atoms with Crippen LogP contribution in [0.2, 0.25) is 0 Å². The first-order valence-corrected chi connectivity index (χ1v) is 12.3. The Hall–Kier alpha value is -2.40. The molecule has 1 aromatic heterocycles. The van der Waals surface area contributed by atoms with E-state index in [1.165, 1.54) is 30.5 Å². The minimum atomic E-state index is 0.326. The van der Waals surface area contributed by atoms with Gasteiger partial charge in [0.25, 0.3) is 0 Å². The zero-order valence-corrected chi connectivity index (χ0v) is 19.7. The number of hydrogen-bond donors (Lipinski definition) is 0. The van der Waals surface area contributed by atoms with Gasteiger partial charge in [0, 0.05) is 51.9 Å².